The Labute approximate surface area is 241 Å². The molecule has 5 aromatic rings. The first kappa shape index (κ1) is 28.8. The van der Waals surface area contributed by atoms with E-state index >= 15 is 0 Å². The van der Waals surface area contributed by atoms with Crippen molar-refractivity contribution in [2.75, 3.05) is 13.1 Å². The van der Waals surface area contributed by atoms with Gasteiger partial charge in [0.1, 0.15) is 10.5 Å². The molecule has 0 fully saturated rings. The molecule has 0 atom stereocenters. The number of nitrogens with zero attached hydrogens (tertiary/aromatic N) is 4. The van der Waals surface area contributed by atoms with Crippen LogP contribution in [0.5, 0.6) is 6.01 Å². The molecule has 0 saturated heterocycles. The highest BCUT2D eigenvalue weighted by Gasteiger charge is 2.42. The Morgan fingerprint density at radius 2 is 1.83 bits per heavy atom. The third-order valence-electron chi connectivity index (χ3n) is 6.40. The summed E-state index contributed by atoms with van der Waals surface area (Å²) in [5, 5.41) is 3.88. The van der Waals surface area contributed by atoms with Crippen molar-refractivity contribution in [1.29, 1.82) is 0 Å². The van der Waals surface area contributed by atoms with Crippen LogP contribution in [-0.2, 0) is 11.3 Å². The topological polar surface area (TPSA) is 91.0 Å². The van der Waals surface area contributed by atoms with Crippen molar-refractivity contribution in [3.63, 3.8) is 0 Å². The molecule has 0 unspecified atom stereocenters. The van der Waals surface area contributed by atoms with Gasteiger partial charge in [0, 0.05) is 16.4 Å². The smallest absolute Gasteiger partial charge is 0.385 e. The van der Waals surface area contributed by atoms with Crippen molar-refractivity contribution in [2.45, 2.75) is 39.4 Å². The molecule has 41 heavy (non-hydrogen) atoms. The summed E-state index contributed by atoms with van der Waals surface area (Å²) in [6.07, 6.45) is -3.36. The minimum Gasteiger partial charge on any atom is -0.385 e. The second kappa shape index (κ2) is 11.6. The number of rotatable bonds is 9. The summed E-state index contributed by atoms with van der Waals surface area (Å²) in [6, 6.07) is 12.5. The van der Waals surface area contributed by atoms with Crippen LogP contribution in [0.25, 0.3) is 37.4 Å². The average Bonchev–Trinajstić information content (AvgIpc) is 3.49. The molecule has 0 aliphatic heterocycles. The van der Waals surface area contributed by atoms with E-state index in [4.69, 9.17) is 11.6 Å². The predicted octanol–water partition coefficient (Wildman–Crippen LogP) is 6.28. The zero-order valence-electron chi connectivity index (χ0n) is 22.1. The van der Waals surface area contributed by atoms with Crippen LogP contribution in [0.4, 0.5) is 13.2 Å². The first-order chi connectivity index (χ1) is 19.6. The number of carbonyl (C=O) groups excluding carboxylic acids is 1. The molecule has 0 spiro atoms. The van der Waals surface area contributed by atoms with Crippen molar-refractivity contribution in [3.05, 3.63) is 69.7 Å². The molecule has 3 aromatic heterocycles. The second-order valence-corrected chi connectivity index (χ2v) is 10.8. The lowest BCUT2D eigenvalue weighted by molar-refractivity contribution is -0.190. The summed E-state index contributed by atoms with van der Waals surface area (Å²) >= 11 is 7.10. The van der Waals surface area contributed by atoms with Crippen LogP contribution in [-0.4, -0.2) is 44.3 Å². The van der Waals surface area contributed by atoms with Gasteiger partial charge in [0.2, 0.25) is 0 Å². The van der Waals surface area contributed by atoms with Crippen molar-refractivity contribution in [1.82, 2.24) is 24.4 Å². The number of fused-ring (bicyclic) bond motifs is 2. The maximum atomic E-state index is 13.7. The van der Waals surface area contributed by atoms with E-state index in [1.165, 1.54) is 0 Å². The van der Waals surface area contributed by atoms with Crippen LogP contribution in [0.3, 0.4) is 0 Å². The van der Waals surface area contributed by atoms with Gasteiger partial charge in [-0.15, -0.1) is 11.3 Å². The molecule has 0 amide bonds. The lowest BCUT2D eigenvalue weighted by atomic mass is 10.2. The van der Waals surface area contributed by atoms with Crippen LogP contribution in [0.1, 0.15) is 25.6 Å². The first-order valence-electron chi connectivity index (χ1n) is 12.9. The summed E-state index contributed by atoms with van der Waals surface area (Å²) in [6.45, 7) is 6.46. The molecule has 1 N–H and O–H groups in total. The predicted molar refractivity (Wildman–Crippen MR) is 153 cm³/mol. The highest BCUT2D eigenvalue weighted by Crippen LogP contribution is 2.34. The number of ether oxygens (including phenoxy) is 1. The first-order valence-corrected chi connectivity index (χ1v) is 14.1. The summed E-state index contributed by atoms with van der Waals surface area (Å²) in [5.74, 6) is -1.73. The third kappa shape index (κ3) is 5.99. The van der Waals surface area contributed by atoms with Crippen molar-refractivity contribution < 1.29 is 22.7 Å². The van der Waals surface area contributed by atoms with Gasteiger partial charge in [-0.3, -0.25) is 4.79 Å². The average molecular weight is 604 g/mol. The Morgan fingerprint density at radius 3 is 2.54 bits per heavy atom. The maximum Gasteiger partial charge on any atom is 0.491 e. The van der Waals surface area contributed by atoms with E-state index < -0.39 is 23.7 Å². The van der Waals surface area contributed by atoms with Crippen molar-refractivity contribution in [3.8, 4) is 22.1 Å². The standard InChI is InChI=1S/C28H25ClF3N5O3S/c1-3-11-33-12-4-13-36-16(2)34-20-14-19(9-10-22(20)36)37-25(38)24-21(35-27(37)40-26(39)28(30,31)32)15-23(41-24)17-5-7-18(29)8-6-17/h5-10,14-15,33H,3-4,11-13H2,1-2H3. The number of halogens is 4. The summed E-state index contributed by atoms with van der Waals surface area (Å²) in [4.78, 5) is 35.0. The van der Waals surface area contributed by atoms with Gasteiger partial charge in [-0.2, -0.15) is 18.2 Å². The minimum absolute atomic E-state index is 0.101. The molecule has 0 bridgehead atoms. The van der Waals surface area contributed by atoms with Gasteiger partial charge in [0.15, 0.2) is 0 Å². The number of hydrogen-bond donors (Lipinski definition) is 1. The summed E-state index contributed by atoms with van der Waals surface area (Å²) in [7, 11) is 0. The third-order valence-corrected chi connectivity index (χ3v) is 7.82. The lowest BCUT2D eigenvalue weighted by Gasteiger charge is -2.13. The largest absolute Gasteiger partial charge is 0.491 e. The van der Waals surface area contributed by atoms with Gasteiger partial charge >= 0.3 is 18.2 Å². The van der Waals surface area contributed by atoms with Crippen LogP contribution in [0.15, 0.2) is 53.3 Å². The van der Waals surface area contributed by atoms with Crippen LogP contribution >= 0.6 is 22.9 Å². The fourth-order valence-electron chi connectivity index (χ4n) is 4.48. The molecule has 3 heterocycles. The number of imidazole rings is 1. The molecular weight excluding hydrogens is 579 g/mol. The summed E-state index contributed by atoms with van der Waals surface area (Å²) < 4.78 is 47.2. The number of thiophene rings is 1. The number of carbonyl (C=O) groups is 1. The molecule has 5 rings (SSSR count). The zero-order chi connectivity index (χ0) is 29.3. The molecule has 0 radical (unpaired) electrons. The molecule has 0 aliphatic carbocycles. The van der Waals surface area contributed by atoms with E-state index in [-0.39, 0.29) is 15.9 Å². The molecule has 0 aliphatic rings. The second-order valence-electron chi connectivity index (χ2n) is 9.34. The Kier molecular flexibility index (Phi) is 8.16. The number of benzene rings is 2. The van der Waals surface area contributed by atoms with Gasteiger partial charge in [-0.25, -0.2) is 14.3 Å². The molecule has 2 aromatic carbocycles. The van der Waals surface area contributed by atoms with Gasteiger partial charge in [0.25, 0.3) is 5.56 Å². The van der Waals surface area contributed by atoms with E-state index in [1.54, 1.807) is 48.5 Å². The molecule has 214 valence electrons. The number of esters is 1. The number of nitrogens with one attached hydrogen (secondary N) is 1. The zero-order valence-corrected chi connectivity index (χ0v) is 23.7. The van der Waals surface area contributed by atoms with Gasteiger partial charge in [-0.05, 0) is 74.8 Å². The minimum atomic E-state index is -5.29. The van der Waals surface area contributed by atoms with Crippen LogP contribution < -0.4 is 15.6 Å². The fourth-order valence-corrected chi connectivity index (χ4v) is 5.63. The van der Waals surface area contributed by atoms with E-state index in [0.717, 1.165) is 58.7 Å². The highest BCUT2D eigenvalue weighted by atomic mass is 35.5. The SMILES string of the molecule is CCCNCCCn1c(C)nc2cc(-n3c(OC(=O)C(F)(F)F)nc4cc(-c5ccc(Cl)cc5)sc4c3=O)ccc21. The van der Waals surface area contributed by atoms with E-state index in [9.17, 15) is 22.8 Å². The molecule has 8 nitrogen and oxygen atoms in total. The molecular formula is C28H25ClF3N5O3S. The van der Waals surface area contributed by atoms with Gasteiger partial charge in [-0.1, -0.05) is 30.7 Å². The van der Waals surface area contributed by atoms with Gasteiger partial charge in [0.05, 0.1) is 22.2 Å². The molecule has 13 heteroatoms. The fraction of sp³-hybridized carbons (Fsp3) is 0.286. The van der Waals surface area contributed by atoms with Gasteiger partial charge < -0.3 is 14.6 Å². The Hall–Kier alpha value is -3.74. The van der Waals surface area contributed by atoms with Crippen LogP contribution in [0.2, 0.25) is 5.02 Å². The monoisotopic (exact) mass is 603 g/mol. The van der Waals surface area contributed by atoms with E-state index in [1.807, 2.05) is 11.5 Å². The number of aryl methyl sites for hydroxylation is 2. The molecule has 0 saturated carbocycles. The quantitative estimate of drug-likeness (QED) is 0.157. The highest BCUT2D eigenvalue weighted by molar-refractivity contribution is 7.22. The Bertz CT molecular complexity index is 1790. The lowest BCUT2D eigenvalue weighted by Crippen LogP contribution is -2.31. The van der Waals surface area contributed by atoms with Crippen molar-refractivity contribution in [2.24, 2.45) is 0 Å². The van der Waals surface area contributed by atoms with E-state index in [2.05, 4.69) is 26.9 Å². The number of aromatic nitrogens is 4. The van der Waals surface area contributed by atoms with Crippen LogP contribution in [0, 0.1) is 6.92 Å². The summed E-state index contributed by atoms with van der Waals surface area (Å²) in [5.41, 5.74) is 1.67. The Balaban J connectivity index is 1.60. The normalized spacial score (nSPS) is 12.0. The number of alkyl halides is 3. The maximum absolute atomic E-state index is 13.7. The van der Waals surface area contributed by atoms with Crippen molar-refractivity contribution >= 4 is 50.2 Å². The Morgan fingerprint density at radius 1 is 1.07 bits per heavy atom. The number of hydrogen-bond acceptors (Lipinski definition) is 7. The van der Waals surface area contributed by atoms with E-state index in [0.29, 0.717) is 22.0 Å².